The largest absolute Gasteiger partial charge is 0.481 e. The molecule has 23 heavy (non-hydrogen) atoms. The van der Waals surface area contributed by atoms with Gasteiger partial charge in [-0.3, -0.25) is 9.59 Å². The Balaban J connectivity index is 1.95. The average molecular weight is 349 g/mol. The molecule has 6 heteroatoms. The number of nitrogens with one attached hydrogen (secondary N) is 1. The fourth-order valence-corrected chi connectivity index (χ4v) is 3.77. The standard InChI is InChI=1S/C17H19NO3S2/c1-11-12(2)23-10-15(11)17(21)18-14-5-3-4-13(8-14)9-22-7-6-16(19)20/h3-5,8,10H,6-7,9H2,1-2H3,(H,18,21)(H,19,20). The number of carbonyl (C=O) groups excluding carboxylic acids is 1. The first-order valence-corrected chi connectivity index (χ1v) is 9.25. The predicted molar refractivity (Wildman–Crippen MR) is 96.6 cm³/mol. The summed E-state index contributed by atoms with van der Waals surface area (Å²) in [6.45, 7) is 3.96. The second kappa shape index (κ2) is 8.17. The highest BCUT2D eigenvalue weighted by molar-refractivity contribution is 7.98. The lowest BCUT2D eigenvalue weighted by molar-refractivity contribution is -0.136. The first kappa shape index (κ1) is 17.6. The van der Waals surface area contributed by atoms with Crippen LogP contribution in [0.25, 0.3) is 0 Å². The second-order valence-corrected chi connectivity index (χ2v) is 7.37. The van der Waals surface area contributed by atoms with E-state index in [4.69, 9.17) is 5.11 Å². The Bertz CT molecular complexity index is 710. The van der Waals surface area contributed by atoms with Gasteiger partial charge < -0.3 is 10.4 Å². The Morgan fingerprint density at radius 3 is 2.74 bits per heavy atom. The first-order valence-electron chi connectivity index (χ1n) is 7.22. The number of aryl methyl sites for hydroxylation is 1. The highest BCUT2D eigenvalue weighted by Crippen LogP contribution is 2.22. The van der Waals surface area contributed by atoms with Crippen LogP contribution in [0.4, 0.5) is 5.69 Å². The van der Waals surface area contributed by atoms with Gasteiger partial charge in [-0.15, -0.1) is 11.3 Å². The minimum Gasteiger partial charge on any atom is -0.481 e. The maximum Gasteiger partial charge on any atom is 0.304 e. The van der Waals surface area contributed by atoms with Crippen molar-refractivity contribution < 1.29 is 14.7 Å². The summed E-state index contributed by atoms with van der Waals surface area (Å²) < 4.78 is 0. The molecule has 1 aromatic carbocycles. The van der Waals surface area contributed by atoms with E-state index in [1.54, 1.807) is 23.1 Å². The molecule has 0 spiro atoms. The number of thioether (sulfide) groups is 1. The molecule has 0 aliphatic heterocycles. The highest BCUT2D eigenvalue weighted by Gasteiger charge is 2.12. The number of hydrogen-bond donors (Lipinski definition) is 2. The zero-order valence-electron chi connectivity index (χ0n) is 13.1. The predicted octanol–water partition coefficient (Wildman–Crippen LogP) is 4.33. The van der Waals surface area contributed by atoms with Gasteiger partial charge in [0.2, 0.25) is 0 Å². The lowest BCUT2D eigenvalue weighted by atomic mass is 10.1. The van der Waals surface area contributed by atoms with Gasteiger partial charge in [0.25, 0.3) is 5.91 Å². The van der Waals surface area contributed by atoms with Crippen molar-refractivity contribution in [2.24, 2.45) is 0 Å². The smallest absolute Gasteiger partial charge is 0.304 e. The summed E-state index contributed by atoms with van der Waals surface area (Å²) >= 11 is 3.15. The maximum absolute atomic E-state index is 12.3. The molecule has 2 rings (SSSR count). The lowest BCUT2D eigenvalue weighted by Crippen LogP contribution is -2.12. The Morgan fingerprint density at radius 2 is 2.09 bits per heavy atom. The lowest BCUT2D eigenvalue weighted by Gasteiger charge is -2.07. The van der Waals surface area contributed by atoms with Crippen molar-refractivity contribution in [1.29, 1.82) is 0 Å². The quantitative estimate of drug-likeness (QED) is 0.730. The van der Waals surface area contributed by atoms with Crippen LogP contribution in [0.15, 0.2) is 29.6 Å². The Labute approximate surface area is 143 Å². The Morgan fingerprint density at radius 1 is 1.30 bits per heavy atom. The zero-order valence-corrected chi connectivity index (χ0v) is 14.7. The van der Waals surface area contributed by atoms with Gasteiger partial charge in [0.1, 0.15) is 0 Å². The third kappa shape index (κ3) is 5.11. The third-order valence-electron chi connectivity index (χ3n) is 3.44. The Kier molecular flexibility index (Phi) is 6.24. The SMILES string of the molecule is Cc1scc(C(=O)Nc2cccc(CSCCC(=O)O)c2)c1C. The van der Waals surface area contributed by atoms with Gasteiger partial charge in [-0.1, -0.05) is 12.1 Å². The molecule has 0 fully saturated rings. The van der Waals surface area contributed by atoms with Gasteiger partial charge in [-0.25, -0.2) is 0 Å². The highest BCUT2D eigenvalue weighted by atomic mass is 32.2. The Hall–Kier alpha value is -1.79. The minimum atomic E-state index is -0.778. The van der Waals surface area contributed by atoms with Gasteiger partial charge in [0.15, 0.2) is 0 Å². The van der Waals surface area contributed by atoms with Gasteiger partial charge in [0.05, 0.1) is 12.0 Å². The van der Waals surface area contributed by atoms with E-state index >= 15 is 0 Å². The van der Waals surface area contributed by atoms with E-state index in [0.717, 1.165) is 27.4 Å². The van der Waals surface area contributed by atoms with E-state index < -0.39 is 5.97 Å². The summed E-state index contributed by atoms with van der Waals surface area (Å²) in [6, 6.07) is 7.66. The molecule has 1 aromatic heterocycles. The molecule has 2 N–H and O–H groups in total. The van der Waals surface area contributed by atoms with Crippen LogP contribution in [0.1, 0.15) is 32.8 Å². The fraction of sp³-hybridized carbons (Fsp3) is 0.294. The van der Waals surface area contributed by atoms with Crippen molar-refractivity contribution in [3.63, 3.8) is 0 Å². The molecular weight excluding hydrogens is 330 g/mol. The summed E-state index contributed by atoms with van der Waals surface area (Å²) in [4.78, 5) is 24.0. The number of carboxylic acids is 1. The van der Waals surface area contributed by atoms with Crippen molar-refractivity contribution >= 4 is 40.7 Å². The van der Waals surface area contributed by atoms with E-state index in [-0.39, 0.29) is 12.3 Å². The molecule has 0 aliphatic carbocycles. The molecular formula is C17H19NO3S2. The van der Waals surface area contributed by atoms with Crippen molar-refractivity contribution in [3.8, 4) is 0 Å². The van der Waals surface area contributed by atoms with E-state index in [9.17, 15) is 9.59 Å². The molecule has 1 heterocycles. The zero-order chi connectivity index (χ0) is 16.8. The number of benzene rings is 1. The first-order chi connectivity index (χ1) is 11.0. The summed E-state index contributed by atoms with van der Waals surface area (Å²) in [5, 5.41) is 13.4. The number of carbonyl (C=O) groups is 2. The number of aliphatic carboxylic acids is 1. The number of anilines is 1. The molecule has 4 nitrogen and oxygen atoms in total. The minimum absolute atomic E-state index is 0.0949. The van der Waals surface area contributed by atoms with E-state index in [1.807, 2.05) is 43.5 Å². The van der Waals surface area contributed by atoms with Crippen LogP contribution in [0.5, 0.6) is 0 Å². The van der Waals surface area contributed by atoms with Crippen molar-refractivity contribution in [3.05, 3.63) is 51.2 Å². The summed E-state index contributed by atoms with van der Waals surface area (Å²) in [7, 11) is 0. The van der Waals surface area contributed by atoms with Crippen molar-refractivity contribution in [2.75, 3.05) is 11.1 Å². The molecule has 0 saturated carbocycles. The molecule has 0 aliphatic rings. The molecule has 0 unspecified atom stereocenters. The summed E-state index contributed by atoms with van der Waals surface area (Å²) in [6.07, 6.45) is 0.165. The van der Waals surface area contributed by atoms with Crippen LogP contribution in [0.2, 0.25) is 0 Å². The molecule has 0 atom stereocenters. The van der Waals surface area contributed by atoms with Gasteiger partial charge in [-0.05, 0) is 37.1 Å². The number of amides is 1. The van der Waals surface area contributed by atoms with Crippen LogP contribution in [-0.2, 0) is 10.5 Å². The maximum atomic E-state index is 12.3. The van der Waals surface area contributed by atoms with Gasteiger partial charge in [-0.2, -0.15) is 11.8 Å². The van der Waals surface area contributed by atoms with E-state index in [1.165, 1.54) is 0 Å². The van der Waals surface area contributed by atoms with E-state index in [2.05, 4.69) is 5.32 Å². The molecule has 2 aromatic rings. The normalized spacial score (nSPS) is 10.5. The van der Waals surface area contributed by atoms with Gasteiger partial charge in [0, 0.05) is 27.5 Å². The van der Waals surface area contributed by atoms with Gasteiger partial charge >= 0.3 is 5.97 Å². The fourth-order valence-electron chi connectivity index (χ4n) is 2.02. The monoisotopic (exact) mass is 349 g/mol. The summed E-state index contributed by atoms with van der Waals surface area (Å²) in [5.74, 6) is 0.440. The van der Waals surface area contributed by atoms with Crippen molar-refractivity contribution in [1.82, 2.24) is 0 Å². The second-order valence-electron chi connectivity index (χ2n) is 5.18. The van der Waals surface area contributed by atoms with Crippen LogP contribution in [-0.4, -0.2) is 22.7 Å². The number of hydrogen-bond acceptors (Lipinski definition) is 4. The topological polar surface area (TPSA) is 66.4 Å². The van der Waals surface area contributed by atoms with Crippen LogP contribution in [0, 0.1) is 13.8 Å². The average Bonchev–Trinajstić information content (AvgIpc) is 2.84. The molecule has 0 saturated heterocycles. The molecule has 122 valence electrons. The van der Waals surface area contributed by atoms with Crippen LogP contribution < -0.4 is 5.32 Å². The number of rotatable bonds is 7. The van der Waals surface area contributed by atoms with Crippen LogP contribution in [0.3, 0.4) is 0 Å². The third-order valence-corrected chi connectivity index (χ3v) is 5.49. The summed E-state index contributed by atoms with van der Waals surface area (Å²) in [5.41, 5.74) is 3.56. The molecule has 1 amide bonds. The number of thiophene rings is 1. The number of carboxylic acid groups (broad SMARTS) is 1. The molecule has 0 radical (unpaired) electrons. The van der Waals surface area contributed by atoms with E-state index in [0.29, 0.717) is 11.3 Å². The van der Waals surface area contributed by atoms with Crippen molar-refractivity contribution in [2.45, 2.75) is 26.0 Å². The van der Waals surface area contributed by atoms with Crippen LogP contribution >= 0.6 is 23.1 Å². The molecule has 0 bridgehead atoms.